The van der Waals surface area contributed by atoms with Crippen molar-refractivity contribution in [3.63, 3.8) is 0 Å². The normalized spacial score (nSPS) is 13.8. The fourth-order valence-corrected chi connectivity index (χ4v) is 3.49. The van der Waals surface area contributed by atoms with E-state index in [1.165, 1.54) is 6.26 Å². The van der Waals surface area contributed by atoms with Gasteiger partial charge >= 0.3 is 0 Å². The minimum atomic E-state index is -2.68. The van der Waals surface area contributed by atoms with Crippen LogP contribution in [0.25, 0.3) is 5.78 Å². The monoisotopic (exact) mass is 343 g/mol. The number of benzene rings is 1. The van der Waals surface area contributed by atoms with E-state index < -0.39 is 9.73 Å². The van der Waals surface area contributed by atoms with Crippen molar-refractivity contribution in [2.45, 2.75) is 18.2 Å². The zero-order valence-corrected chi connectivity index (χ0v) is 15.1. The fraction of sp³-hybridized carbons (Fsp3) is 0.294. The molecule has 7 heteroatoms. The van der Waals surface area contributed by atoms with Crippen molar-refractivity contribution < 1.29 is 4.21 Å². The van der Waals surface area contributed by atoms with Crippen LogP contribution in [-0.2, 0) is 16.1 Å². The van der Waals surface area contributed by atoms with Crippen LogP contribution in [0.2, 0.25) is 0 Å². The number of hydrogen-bond acceptors (Lipinski definition) is 5. The van der Waals surface area contributed by atoms with Gasteiger partial charge in [0.1, 0.15) is 5.82 Å². The molecule has 0 saturated heterocycles. The van der Waals surface area contributed by atoms with E-state index in [4.69, 9.17) is 4.78 Å². The van der Waals surface area contributed by atoms with Gasteiger partial charge in [0.25, 0.3) is 0 Å². The van der Waals surface area contributed by atoms with Crippen LogP contribution >= 0.6 is 0 Å². The average molecular weight is 343 g/mol. The van der Waals surface area contributed by atoms with Crippen LogP contribution in [0, 0.1) is 11.7 Å². The van der Waals surface area contributed by atoms with Crippen LogP contribution < -0.4 is 4.90 Å². The third kappa shape index (κ3) is 2.99. The maximum Gasteiger partial charge on any atom is 0.235 e. The Hall–Kier alpha value is -2.41. The highest BCUT2D eigenvalue weighted by molar-refractivity contribution is 7.91. The number of nitrogens with one attached hydrogen (secondary N) is 1. The molecule has 0 radical (unpaired) electrons. The first-order valence-corrected chi connectivity index (χ1v) is 9.56. The molecule has 0 unspecified atom stereocenters. The van der Waals surface area contributed by atoms with Crippen molar-refractivity contribution in [3.05, 3.63) is 53.5 Å². The van der Waals surface area contributed by atoms with Gasteiger partial charge in [0, 0.05) is 55.3 Å². The molecule has 0 aliphatic carbocycles. The fourth-order valence-electron chi connectivity index (χ4n) is 2.83. The predicted octanol–water partition coefficient (Wildman–Crippen LogP) is 2.73. The van der Waals surface area contributed by atoms with Crippen molar-refractivity contribution >= 4 is 21.3 Å². The van der Waals surface area contributed by atoms with Crippen LogP contribution in [0.4, 0.5) is 5.82 Å². The summed E-state index contributed by atoms with van der Waals surface area (Å²) in [7, 11) is 1.34. The zero-order chi connectivity index (χ0) is 17.5. The van der Waals surface area contributed by atoms with Crippen molar-refractivity contribution in [2.24, 2.45) is 0 Å². The molecule has 0 saturated carbocycles. The molecule has 0 amide bonds. The van der Waals surface area contributed by atoms with E-state index in [0.717, 1.165) is 22.6 Å². The molecule has 0 aliphatic heterocycles. The highest BCUT2D eigenvalue weighted by atomic mass is 32.2. The summed E-state index contributed by atoms with van der Waals surface area (Å²) in [6, 6.07) is 7.42. The Morgan fingerprint density at radius 1 is 1.25 bits per heavy atom. The number of imidazole rings is 1. The summed E-state index contributed by atoms with van der Waals surface area (Å²) in [5.74, 6) is 1.74. The van der Waals surface area contributed by atoms with Gasteiger partial charge in [-0.15, -0.1) is 0 Å². The Labute approximate surface area is 142 Å². The maximum atomic E-state index is 11.8. The van der Waals surface area contributed by atoms with Gasteiger partial charge in [0.05, 0.1) is 9.73 Å². The van der Waals surface area contributed by atoms with E-state index in [1.54, 1.807) is 18.3 Å². The zero-order valence-electron chi connectivity index (χ0n) is 14.3. The molecule has 3 rings (SSSR count). The minimum Gasteiger partial charge on any atom is -0.363 e. The van der Waals surface area contributed by atoms with Gasteiger partial charge in [0.2, 0.25) is 5.78 Å². The van der Waals surface area contributed by atoms with Crippen molar-refractivity contribution in [3.8, 4) is 0 Å². The second kappa shape index (κ2) is 5.90. The molecule has 2 heterocycles. The standard InChI is InChI=1S/C17H21N5OS/c1-12-15(11-13-5-7-14(8-6-13)24(4,18)23)16(21(2)3)22-10-9-19-17(22)20-12/h5-10,18H,11H2,1-4H3/t24-/m0/s1. The summed E-state index contributed by atoms with van der Waals surface area (Å²) in [5.41, 5.74) is 3.16. The largest absolute Gasteiger partial charge is 0.363 e. The Balaban J connectivity index is 2.06. The average Bonchev–Trinajstić information content (AvgIpc) is 2.94. The quantitative estimate of drug-likeness (QED) is 0.790. The molecular formula is C17H21N5OS. The molecule has 0 fully saturated rings. The Bertz CT molecular complexity index is 988. The lowest BCUT2D eigenvalue weighted by molar-refractivity contribution is 0.679. The summed E-state index contributed by atoms with van der Waals surface area (Å²) in [5, 5.41) is 0. The Kier molecular flexibility index (Phi) is 4.04. The third-order valence-corrected chi connectivity index (χ3v) is 5.17. The predicted molar refractivity (Wildman–Crippen MR) is 96.4 cm³/mol. The maximum absolute atomic E-state index is 11.8. The van der Waals surface area contributed by atoms with Gasteiger partial charge < -0.3 is 4.90 Å². The molecule has 2 aromatic heterocycles. The van der Waals surface area contributed by atoms with E-state index in [2.05, 4.69) is 14.9 Å². The Morgan fingerprint density at radius 2 is 1.92 bits per heavy atom. The summed E-state index contributed by atoms with van der Waals surface area (Å²) in [6.07, 6.45) is 5.81. The highest BCUT2D eigenvalue weighted by Gasteiger charge is 2.15. The summed E-state index contributed by atoms with van der Waals surface area (Å²) in [4.78, 5) is 11.5. The summed E-state index contributed by atoms with van der Waals surface area (Å²) >= 11 is 0. The first kappa shape index (κ1) is 16.4. The molecule has 0 aliphatic rings. The lowest BCUT2D eigenvalue weighted by Crippen LogP contribution is -2.17. The van der Waals surface area contributed by atoms with Crippen LogP contribution in [0.3, 0.4) is 0 Å². The number of aryl methyl sites for hydroxylation is 1. The van der Waals surface area contributed by atoms with E-state index in [-0.39, 0.29) is 0 Å². The summed E-state index contributed by atoms with van der Waals surface area (Å²) in [6.45, 7) is 1.99. The van der Waals surface area contributed by atoms with Gasteiger partial charge in [0.15, 0.2) is 0 Å². The number of rotatable bonds is 4. The molecule has 0 spiro atoms. The van der Waals surface area contributed by atoms with Gasteiger partial charge in [-0.1, -0.05) is 12.1 Å². The third-order valence-electron chi connectivity index (χ3n) is 4.00. The van der Waals surface area contributed by atoms with Crippen LogP contribution in [-0.4, -0.2) is 38.9 Å². The molecule has 3 aromatic rings. The van der Waals surface area contributed by atoms with Crippen molar-refractivity contribution in [2.75, 3.05) is 25.3 Å². The van der Waals surface area contributed by atoms with E-state index in [0.29, 0.717) is 17.1 Å². The lowest BCUT2D eigenvalue weighted by Gasteiger charge is -2.21. The molecule has 0 bridgehead atoms. The second-order valence-corrected chi connectivity index (χ2v) is 8.31. The van der Waals surface area contributed by atoms with Gasteiger partial charge in [-0.3, -0.25) is 4.40 Å². The van der Waals surface area contributed by atoms with Crippen LogP contribution in [0.5, 0.6) is 0 Å². The van der Waals surface area contributed by atoms with Crippen molar-refractivity contribution in [1.82, 2.24) is 14.4 Å². The highest BCUT2D eigenvalue weighted by Crippen LogP contribution is 2.25. The lowest BCUT2D eigenvalue weighted by atomic mass is 10.0. The second-order valence-electron chi connectivity index (χ2n) is 6.16. The van der Waals surface area contributed by atoms with Crippen LogP contribution in [0.1, 0.15) is 16.8 Å². The molecule has 1 aromatic carbocycles. The minimum absolute atomic E-state index is 0.555. The smallest absolute Gasteiger partial charge is 0.235 e. The van der Waals surface area contributed by atoms with E-state index in [1.807, 2.05) is 43.7 Å². The first-order valence-electron chi connectivity index (χ1n) is 7.60. The molecular weight excluding hydrogens is 322 g/mol. The van der Waals surface area contributed by atoms with Crippen molar-refractivity contribution in [1.29, 1.82) is 4.78 Å². The van der Waals surface area contributed by atoms with Gasteiger partial charge in [-0.05, 0) is 24.6 Å². The number of aromatic nitrogens is 3. The number of nitrogens with zero attached hydrogens (tertiary/aromatic N) is 4. The number of hydrogen-bond donors (Lipinski definition) is 1. The SMILES string of the molecule is Cc1nc2nccn2c(N(C)C)c1Cc1ccc([S@@](C)(=N)=O)cc1. The Morgan fingerprint density at radius 3 is 2.50 bits per heavy atom. The van der Waals surface area contributed by atoms with Crippen LogP contribution in [0.15, 0.2) is 41.6 Å². The number of anilines is 1. The first-order chi connectivity index (χ1) is 11.3. The van der Waals surface area contributed by atoms with Gasteiger partial charge in [-0.25, -0.2) is 19.0 Å². The molecule has 6 nitrogen and oxygen atoms in total. The van der Waals surface area contributed by atoms with Gasteiger partial charge in [-0.2, -0.15) is 0 Å². The summed E-state index contributed by atoms with van der Waals surface area (Å²) < 4.78 is 21.5. The molecule has 1 atom stereocenters. The molecule has 126 valence electrons. The molecule has 24 heavy (non-hydrogen) atoms. The van der Waals surface area contributed by atoms with E-state index >= 15 is 0 Å². The molecule has 1 N–H and O–H groups in total. The number of fused-ring (bicyclic) bond motifs is 1. The topological polar surface area (TPSA) is 74.3 Å². The van der Waals surface area contributed by atoms with E-state index in [9.17, 15) is 4.21 Å².